The van der Waals surface area contributed by atoms with Crippen LogP contribution in [0.2, 0.25) is 0 Å². The summed E-state index contributed by atoms with van der Waals surface area (Å²) in [4.78, 5) is 0. The fourth-order valence-corrected chi connectivity index (χ4v) is 4.17. The lowest BCUT2D eigenvalue weighted by molar-refractivity contribution is -0.0827. The van der Waals surface area contributed by atoms with Crippen molar-refractivity contribution in [3.63, 3.8) is 0 Å². The monoisotopic (exact) mass is 283 g/mol. The van der Waals surface area contributed by atoms with Crippen LogP contribution in [0.5, 0.6) is 0 Å². The zero-order valence-corrected chi connectivity index (χ0v) is 12.1. The fourth-order valence-electron chi connectivity index (χ4n) is 2.40. The van der Waals surface area contributed by atoms with E-state index in [9.17, 15) is 8.42 Å². The molecule has 102 valence electrons. The smallest absolute Gasteiger partial charge is 0.150 e. The van der Waals surface area contributed by atoms with E-state index < -0.39 is 9.84 Å². The Kier molecular flexibility index (Phi) is 4.86. The normalized spacial score (nSPS) is 35.9. The second-order valence-corrected chi connectivity index (χ2v) is 8.02. The number of ether oxygens (including phenoxy) is 1. The standard InChI is InChI=1S/C11H21NO3S.ClH/c1-11(2)7-12-10(15-8-11)9-4-3-5-16(13,14)6-9;/h9-10,12H,3-8H2,1-2H3;1H. The van der Waals surface area contributed by atoms with Gasteiger partial charge in [-0.05, 0) is 12.8 Å². The second kappa shape index (κ2) is 5.43. The van der Waals surface area contributed by atoms with Crippen LogP contribution < -0.4 is 5.32 Å². The minimum atomic E-state index is -2.83. The number of sulfone groups is 1. The van der Waals surface area contributed by atoms with Crippen LogP contribution in [0, 0.1) is 11.3 Å². The number of hydrogen-bond acceptors (Lipinski definition) is 4. The summed E-state index contributed by atoms with van der Waals surface area (Å²) < 4.78 is 28.8. The number of rotatable bonds is 1. The Morgan fingerprint density at radius 3 is 2.59 bits per heavy atom. The summed E-state index contributed by atoms with van der Waals surface area (Å²) in [5, 5.41) is 3.33. The molecule has 0 spiro atoms. The minimum Gasteiger partial charge on any atom is -0.362 e. The van der Waals surface area contributed by atoms with E-state index in [2.05, 4.69) is 19.2 Å². The first-order valence-electron chi connectivity index (χ1n) is 5.93. The van der Waals surface area contributed by atoms with Crippen molar-refractivity contribution in [1.29, 1.82) is 0 Å². The lowest BCUT2D eigenvalue weighted by Crippen LogP contribution is -2.53. The van der Waals surface area contributed by atoms with Crippen LogP contribution in [-0.4, -0.2) is 39.3 Å². The zero-order valence-electron chi connectivity index (χ0n) is 10.4. The SMILES string of the molecule is CC1(C)CNC(C2CCCS(=O)(=O)C2)OC1.Cl. The van der Waals surface area contributed by atoms with Gasteiger partial charge in [-0.2, -0.15) is 0 Å². The van der Waals surface area contributed by atoms with Crippen LogP contribution >= 0.6 is 12.4 Å². The first kappa shape index (κ1) is 15.2. The van der Waals surface area contributed by atoms with Gasteiger partial charge in [0.1, 0.15) is 6.23 Å². The van der Waals surface area contributed by atoms with Gasteiger partial charge in [0.25, 0.3) is 0 Å². The van der Waals surface area contributed by atoms with Crippen molar-refractivity contribution in [3.05, 3.63) is 0 Å². The largest absolute Gasteiger partial charge is 0.362 e. The van der Waals surface area contributed by atoms with Crippen molar-refractivity contribution in [2.45, 2.75) is 32.9 Å². The van der Waals surface area contributed by atoms with Crippen molar-refractivity contribution in [2.75, 3.05) is 24.7 Å². The molecule has 2 heterocycles. The molecule has 1 N–H and O–H groups in total. The molecular formula is C11H22ClNO3S. The molecule has 4 nitrogen and oxygen atoms in total. The van der Waals surface area contributed by atoms with Gasteiger partial charge in [0.05, 0.1) is 18.1 Å². The molecule has 6 heteroatoms. The maximum atomic E-state index is 11.5. The highest BCUT2D eigenvalue weighted by Crippen LogP contribution is 2.27. The van der Waals surface area contributed by atoms with Gasteiger partial charge in [-0.25, -0.2) is 8.42 Å². The Morgan fingerprint density at radius 2 is 2.06 bits per heavy atom. The van der Waals surface area contributed by atoms with Crippen molar-refractivity contribution >= 4 is 22.2 Å². The molecule has 0 saturated carbocycles. The maximum Gasteiger partial charge on any atom is 0.150 e. The summed E-state index contributed by atoms with van der Waals surface area (Å²) in [5.41, 5.74) is 0.157. The summed E-state index contributed by atoms with van der Waals surface area (Å²) in [6.45, 7) is 5.90. The molecule has 2 atom stereocenters. The van der Waals surface area contributed by atoms with Crippen LogP contribution in [0.4, 0.5) is 0 Å². The van der Waals surface area contributed by atoms with Crippen LogP contribution in [-0.2, 0) is 14.6 Å². The molecule has 0 radical (unpaired) electrons. The molecule has 2 fully saturated rings. The van der Waals surface area contributed by atoms with Crippen LogP contribution in [0.15, 0.2) is 0 Å². The van der Waals surface area contributed by atoms with Crippen LogP contribution in [0.25, 0.3) is 0 Å². The Labute approximate surface area is 110 Å². The summed E-state index contributed by atoms with van der Waals surface area (Å²) in [6.07, 6.45) is 1.66. The summed E-state index contributed by atoms with van der Waals surface area (Å²) in [5.74, 6) is 0.766. The third-order valence-corrected chi connectivity index (χ3v) is 5.21. The quantitative estimate of drug-likeness (QED) is 0.786. The Morgan fingerprint density at radius 1 is 1.35 bits per heavy atom. The van der Waals surface area contributed by atoms with Crippen LogP contribution in [0.3, 0.4) is 0 Å². The van der Waals surface area contributed by atoms with Gasteiger partial charge in [0.2, 0.25) is 0 Å². The molecule has 17 heavy (non-hydrogen) atoms. The van der Waals surface area contributed by atoms with Crippen molar-refractivity contribution in [3.8, 4) is 0 Å². The topological polar surface area (TPSA) is 55.4 Å². The maximum absolute atomic E-state index is 11.5. The van der Waals surface area contributed by atoms with Gasteiger partial charge >= 0.3 is 0 Å². The number of nitrogens with one attached hydrogen (secondary N) is 1. The highest BCUT2D eigenvalue weighted by molar-refractivity contribution is 7.91. The van der Waals surface area contributed by atoms with Gasteiger partial charge in [0.15, 0.2) is 9.84 Å². The molecule has 0 aromatic heterocycles. The van der Waals surface area contributed by atoms with Gasteiger partial charge in [0, 0.05) is 17.9 Å². The van der Waals surface area contributed by atoms with E-state index in [0.717, 1.165) is 19.4 Å². The summed E-state index contributed by atoms with van der Waals surface area (Å²) in [7, 11) is -2.83. The average Bonchev–Trinajstić information content (AvgIpc) is 2.16. The van der Waals surface area contributed by atoms with E-state index in [1.165, 1.54) is 0 Å². The zero-order chi connectivity index (χ0) is 11.8. The number of hydrogen-bond donors (Lipinski definition) is 1. The molecule has 2 unspecified atom stereocenters. The molecule has 2 saturated heterocycles. The van der Waals surface area contributed by atoms with Crippen LogP contribution in [0.1, 0.15) is 26.7 Å². The Balaban J connectivity index is 0.00000144. The Bertz CT molecular complexity index is 346. The van der Waals surface area contributed by atoms with Crippen molar-refractivity contribution in [2.24, 2.45) is 11.3 Å². The third kappa shape index (κ3) is 4.09. The van der Waals surface area contributed by atoms with E-state index in [1.54, 1.807) is 0 Å². The molecule has 0 aromatic carbocycles. The van der Waals surface area contributed by atoms with E-state index in [0.29, 0.717) is 12.4 Å². The summed E-state index contributed by atoms with van der Waals surface area (Å²) in [6, 6.07) is 0. The predicted octanol–water partition coefficient (Wildman–Crippen LogP) is 1.21. The average molecular weight is 284 g/mol. The molecule has 0 aromatic rings. The van der Waals surface area contributed by atoms with E-state index in [-0.39, 0.29) is 35.7 Å². The number of halogens is 1. The predicted molar refractivity (Wildman–Crippen MR) is 70.1 cm³/mol. The Hall–Kier alpha value is 0.160. The highest BCUT2D eigenvalue weighted by Gasteiger charge is 2.35. The first-order valence-corrected chi connectivity index (χ1v) is 7.76. The van der Waals surface area contributed by atoms with Gasteiger partial charge < -0.3 is 4.74 Å². The van der Waals surface area contributed by atoms with E-state index in [1.807, 2.05) is 0 Å². The summed E-state index contributed by atoms with van der Waals surface area (Å²) >= 11 is 0. The lowest BCUT2D eigenvalue weighted by atomic mass is 9.92. The molecular weight excluding hydrogens is 262 g/mol. The second-order valence-electron chi connectivity index (χ2n) is 5.79. The van der Waals surface area contributed by atoms with Crippen molar-refractivity contribution < 1.29 is 13.2 Å². The molecule has 2 aliphatic heterocycles. The third-order valence-electron chi connectivity index (χ3n) is 3.36. The molecule has 0 amide bonds. The molecule has 2 aliphatic rings. The molecule has 0 bridgehead atoms. The van der Waals surface area contributed by atoms with E-state index in [4.69, 9.17) is 4.74 Å². The first-order chi connectivity index (χ1) is 7.38. The van der Waals surface area contributed by atoms with E-state index >= 15 is 0 Å². The van der Waals surface area contributed by atoms with Gasteiger partial charge in [-0.15, -0.1) is 12.4 Å². The highest BCUT2D eigenvalue weighted by atomic mass is 35.5. The fraction of sp³-hybridized carbons (Fsp3) is 1.00. The van der Waals surface area contributed by atoms with Crippen molar-refractivity contribution in [1.82, 2.24) is 5.32 Å². The van der Waals surface area contributed by atoms with Gasteiger partial charge in [-0.1, -0.05) is 13.8 Å². The lowest BCUT2D eigenvalue weighted by Gasteiger charge is -2.39. The van der Waals surface area contributed by atoms with Gasteiger partial charge in [-0.3, -0.25) is 5.32 Å². The minimum absolute atomic E-state index is 0. The molecule has 2 rings (SSSR count). The molecule has 0 aliphatic carbocycles.